The molecular formula is C19H19FN2O2. The third kappa shape index (κ3) is 4.00. The summed E-state index contributed by atoms with van der Waals surface area (Å²) in [6.45, 7) is 2.47. The Bertz CT molecular complexity index is 766. The average molecular weight is 326 g/mol. The molecule has 0 radical (unpaired) electrons. The fourth-order valence-corrected chi connectivity index (χ4v) is 2.43. The summed E-state index contributed by atoms with van der Waals surface area (Å²) >= 11 is 0. The van der Waals surface area contributed by atoms with Crippen LogP contribution in [0.1, 0.15) is 18.9 Å². The molecule has 0 aliphatic rings. The van der Waals surface area contributed by atoms with Gasteiger partial charge in [0.05, 0.1) is 11.9 Å². The molecule has 5 heteroatoms. The number of hydrogen-bond acceptors (Lipinski definition) is 3. The van der Waals surface area contributed by atoms with Crippen LogP contribution < -0.4 is 4.74 Å². The van der Waals surface area contributed by atoms with Crippen LogP contribution in [0, 0.1) is 5.82 Å². The highest BCUT2D eigenvalue weighted by Crippen LogP contribution is 2.28. The molecule has 4 nitrogen and oxygen atoms in total. The summed E-state index contributed by atoms with van der Waals surface area (Å²) in [6.07, 6.45) is 5.89. The lowest BCUT2D eigenvalue weighted by atomic mass is 9.92. The van der Waals surface area contributed by atoms with E-state index in [2.05, 4.69) is 4.98 Å². The van der Waals surface area contributed by atoms with Crippen LogP contribution in [0.25, 0.3) is 0 Å². The van der Waals surface area contributed by atoms with Gasteiger partial charge in [0.2, 0.25) is 0 Å². The van der Waals surface area contributed by atoms with Crippen LogP contribution in [0.3, 0.4) is 0 Å². The van der Waals surface area contributed by atoms with E-state index in [9.17, 15) is 9.50 Å². The number of ether oxygens (including phenoxy) is 1. The highest BCUT2D eigenvalue weighted by molar-refractivity contribution is 5.34. The molecule has 0 saturated heterocycles. The molecule has 1 N–H and O–H groups in total. The Hall–Kier alpha value is -2.66. The minimum atomic E-state index is -0.946. The van der Waals surface area contributed by atoms with Crippen molar-refractivity contribution in [1.29, 1.82) is 0 Å². The van der Waals surface area contributed by atoms with Crippen LogP contribution in [0.15, 0.2) is 67.3 Å². The van der Waals surface area contributed by atoms with E-state index in [-0.39, 0.29) is 5.82 Å². The summed E-state index contributed by atoms with van der Waals surface area (Å²) < 4.78 is 20.5. The van der Waals surface area contributed by atoms with E-state index >= 15 is 0 Å². The number of halogens is 1. The van der Waals surface area contributed by atoms with Gasteiger partial charge in [0.1, 0.15) is 17.3 Å². The Morgan fingerprint density at radius 2 is 1.71 bits per heavy atom. The number of aliphatic hydroxyl groups is 1. The smallest absolute Gasteiger partial charge is 0.127 e. The lowest BCUT2D eigenvalue weighted by molar-refractivity contribution is 0.0430. The van der Waals surface area contributed by atoms with Crippen molar-refractivity contribution in [3.63, 3.8) is 0 Å². The highest BCUT2D eigenvalue weighted by atomic mass is 19.1. The molecule has 1 unspecified atom stereocenters. The van der Waals surface area contributed by atoms with Crippen LogP contribution >= 0.6 is 0 Å². The molecule has 3 rings (SSSR count). The van der Waals surface area contributed by atoms with Crippen molar-refractivity contribution in [1.82, 2.24) is 9.55 Å². The summed E-state index contributed by atoms with van der Waals surface area (Å²) in [5.41, 5.74) is -0.132. The molecule has 3 aromatic rings. The number of rotatable bonds is 6. The van der Waals surface area contributed by atoms with E-state index in [4.69, 9.17) is 4.74 Å². The number of imidazole rings is 1. The van der Waals surface area contributed by atoms with Gasteiger partial charge in [-0.2, -0.15) is 0 Å². The van der Waals surface area contributed by atoms with Gasteiger partial charge in [0, 0.05) is 18.9 Å². The van der Waals surface area contributed by atoms with E-state index in [1.807, 2.05) is 22.9 Å². The summed E-state index contributed by atoms with van der Waals surface area (Å²) in [6, 6.07) is 13.1. The van der Waals surface area contributed by atoms with Crippen molar-refractivity contribution in [3.8, 4) is 11.5 Å². The first-order valence-corrected chi connectivity index (χ1v) is 7.75. The number of nitrogens with zero attached hydrogens (tertiary/aromatic N) is 2. The molecule has 0 aliphatic carbocycles. The predicted molar refractivity (Wildman–Crippen MR) is 89.3 cm³/mol. The van der Waals surface area contributed by atoms with Crippen molar-refractivity contribution in [2.24, 2.45) is 0 Å². The minimum absolute atomic E-state index is 0.299. The van der Waals surface area contributed by atoms with Gasteiger partial charge in [0.25, 0.3) is 0 Å². The van der Waals surface area contributed by atoms with E-state index in [0.29, 0.717) is 24.5 Å². The molecule has 2 aromatic carbocycles. The van der Waals surface area contributed by atoms with Crippen molar-refractivity contribution in [2.45, 2.75) is 25.5 Å². The predicted octanol–water partition coefficient (Wildman–Crippen LogP) is 4.11. The Balaban J connectivity index is 1.65. The molecule has 0 bridgehead atoms. The average Bonchev–Trinajstić information content (AvgIpc) is 3.09. The molecule has 0 saturated carbocycles. The molecule has 124 valence electrons. The molecule has 0 amide bonds. The molecule has 1 atom stereocenters. The van der Waals surface area contributed by atoms with Gasteiger partial charge in [0.15, 0.2) is 0 Å². The zero-order chi connectivity index (χ0) is 17.0. The molecule has 1 aromatic heterocycles. The number of hydrogen-bond donors (Lipinski definition) is 1. The first-order valence-electron chi connectivity index (χ1n) is 7.75. The third-order valence-corrected chi connectivity index (χ3v) is 3.94. The second kappa shape index (κ2) is 6.84. The Labute approximate surface area is 140 Å². The van der Waals surface area contributed by atoms with Crippen LogP contribution in [0.2, 0.25) is 0 Å². The Morgan fingerprint density at radius 3 is 2.29 bits per heavy atom. The Kier molecular flexibility index (Phi) is 4.62. The fraction of sp³-hybridized carbons (Fsp3) is 0.211. The summed E-state index contributed by atoms with van der Waals surface area (Å²) in [5, 5.41) is 10.7. The van der Waals surface area contributed by atoms with Gasteiger partial charge in [-0.25, -0.2) is 9.37 Å². The van der Waals surface area contributed by atoms with Crippen molar-refractivity contribution in [2.75, 3.05) is 0 Å². The van der Waals surface area contributed by atoms with Crippen LogP contribution in [0.4, 0.5) is 4.39 Å². The maximum atomic E-state index is 12.9. The largest absolute Gasteiger partial charge is 0.457 e. The molecule has 0 fully saturated rings. The van der Waals surface area contributed by atoms with Gasteiger partial charge in [-0.05, 0) is 55.3 Å². The van der Waals surface area contributed by atoms with Crippen molar-refractivity contribution >= 4 is 0 Å². The van der Waals surface area contributed by atoms with Crippen LogP contribution in [-0.4, -0.2) is 14.7 Å². The van der Waals surface area contributed by atoms with Gasteiger partial charge in [-0.15, -0.1) is 0 Å². The lowest BCUT2D eigenvalue weighted by Crippen LogP contribution is -2.23. The van der Waals surface area contributed by atoms with E-state index in [1.165, 1.54) is 12.1 Å². The fourth-order valence-electron chi connectivity index (χ4n) is 2.43. The number of aryl methyl sites for hydroxylation is 1. The standard InChI is InChI=1S/C19H19FN2O2/c1-19(23,10-12-22-13-11-21-14-22)15-2-6-17(7-3-15)24-18-8-4-16(20)5-9-18/h2-9,11,13-14,23H,10,12H2,1H3. The van der Waals surface area contributed by atoms with E-state index in [0.717, 1.165) is 5.56 Å². The summed E-state index contributed by atoms with van der Waals surface area (Å²) in [7, 11) is 0. The van der Waals surface area contributed by atoms with Gasteiger partial charge >= 0.3 is 0 Å². The third-order valence-electron chi connectivity index (χ3n) is 3.94. The van der Waals surface area contributed by atoms with Gasteiger partial charge in [-0.3, -0.25) is 0 Å². The number of aromatic nitrogens is 2. The van der Waals surface area contributed by atoms with Crippen molar-refractivity contribution < 1.29 is 14.2 Å². The zero-order valence-electron chi connectivity index (χ0n) is 13.4. The molecule has 0 aliphatic heterocycles. The number of benzene rings is 2. The summed E-state index contributed by atoms with van der Waals surface area (Å²) in [4.78, 5) is 3.99. The maximum absolute atomic E-state index is 12.9. The SMILES string of the molecule is CC(O)(CCn1ccnc1)c1ccc(Oc2ccc(F)cc2)cc1. The maximum Gasteiger partial charge on any atom is 0.127 e. The second-order valence-corrected chi connectivity index (χ2v) is 5.90. The van der Waals surface area contributed by atoms with Crippen LogP contribution in [0.5, 0.6) is 11.5 Å². The molecule has 1 heterocycles. The zero-order valence-corrected chi connectivity index (χ0v) is 13.4. The monoisotopic (exact) mass is 326 g/mol. The summed E-state index contributed by atoms with van der Waals surface area (Å²) in [5.74, 6) is 0.901. The first-order chi connectivity index (χ1) is 11.5. The highest BCUT2D eigenvalue weighted by Gasteiger charge is 2.22. The molecule has 0 spiro atoms. The lowest BCUT2D eigenvalue weighted by Gasteiger charge is -2.24. The molecule has 24 heavy (non-hydrogen) atoms. The van der Waals surface area contributed by atoms with Crippen LogP contribution in [-0.2, 0) is 12.1 Å². The van der Waals surface area contributed by atoms with E-state index < -0.39 is 5.60 Å². The quantitative estimate of drug-likeness (QED) is 0.741. The Morgan fingerprint density at radius 1 is 1.08 bits per heavy atom. The minimum Gasteiger partial charge on any atom is -0.457 e. The first kappa shape index (κ1) is 16.2. The van der Waals surface area contributed by atoms with E-state index in [1.54, 1.807) is 43.7 Å². The normalized spacial score (nSPS) is 13.5. The topological polar surface area (TPSA) is 47.3 Å². The van der Waals surface area contributed by atoms with Gasteiger partial charge in [-0.1, -0.05) is 12.1 Å². The van der Waals surface area contributed by atoms with Gasteiger partial charge < -0.3 is 14.4 Å². The van der Waals surface area contributed by atoms with Crippen molar-refractivity contribution in [3.05, 3.63) is 78.6 Å². The second-order valence-electron chi connectivity index (χ2n) is 5.90. The molecular weight excluding hydrogens is 307 g/mol.